The molecule has 1 aliphatic heterocycles. The molecule has 0 fully saturated rings. The third kappa shape index (κ3) is 2.13. The van der Waals surface area contributed by atoms with Crippen LogP contribution in [0, 0.1) is 5.92 Å². The van der Waals surface area contributed by atoms with Gasteiger partial charge in [-0.1, -0.05) is 6.08 Å². The Balaban J connectivity index is 2.67. The van der Waals surface area contributed by atoms with Gasteiger partial charge in [0.1, 0.15) is 0 Å². The van der Waals surface area contributed by atoms with Crippen LogP contribution in [-0.2, 0) is 0 Å². The van der Waals surface area contributed by atoms with Gasteiger partial charge < -0.3 is 5.32 Å². The first kappa shape index (κ1) is 8.43. The van der Waals surface area contributed by atoms with Crippen LogP contribution >= 0.6 is 0 Å². The van der Waals surface area contributed by atoms with Gasteiger partial charge in [-0.15, -0.1) is 0 Å². The molecule has 0 aromatic heterocycles. The molecule has 1 nitrogen and oxygen atoms in total. The van der Waals surface area contributed by atoms with E-state index in [1.807, 2.05) is 0 Å². The SMILES string of the molecule is CC1=CC(C(F)(F)F)CCN1. The Morgan fingerprint density at radius 3 is 2.55 bits per heavy atom. The lowest BCUT2D eigenvalue weighted by molar-refractivity contribution is -0.163. The molecule has 0 aromatic rings. The second kappa shape index (κ2) is 2.75. The van der Waals surface area contributed by atoms with Gasteiger partial charge in [0.05, 0.1) is 5.92 Å². The monoisotopic (exact) mass is 165 g/mol. The van der Waals surface area contributed by atoms with E-state index in [4.69, 9.17) is 0 Å². The number of rotatable bonds is 0. The van der Waals surface area contributed by atoms with E-state index >= 15 is 0 Å². The van der Waals surface area contributed by atoms with E-state index in [0.717, 1.165) is 0 Å². The molecular weight excluding hydrogens is 155 g/mol. The van der Waals surface area contributed by atoms with Gasteiger partial charge in [-0.25, -0.2) is 0 Å². The standard InChI is InChI=1S/C7H10F3N/c1-5-4-6(2-3-11-5)7(8,9)10/h4,6,11H,2-3H2,1H3. The van der Waals surface area contributed by atoms with Gasteiger partial charge in [-0.3, -0.25) is 0 Å². The van der Waals surface area contributed by atoms with Crippen molar-refractivity contribution < 1.29 is 13.2 Å². The summed E-state index contributed by atoms with van der Waals surface area (Å²) in [4.78, 5) is 0. The fourth-order valence-corrected chi connectivity index (χ4v) is 1.13. The number of nitrogens with one attached hydrogen (secondary N) is 1. The maximum absolute atomic E-state index is 12.0. The highest BCUT2D eigenvalue weighted by molar-refractivity contribution is 5.04. The molecule has 0 aromatic carbocycles. The van der Waals surface area contributed by atoms with Crippen LogP contribution < -0.4 is 5.32 Å². The largest absolute Gasteiger partial charge is 0.395 e. The minimum Gasteiger partial charge on any atom is -0.389 e. The lowest BCUT2D eigenvalue weighted by Crippen LogP contribution is -2.30. The fourth-order valence-electron chi connectivity index (χ4n) is 1.13. The van der Waals surface area contributed by atoms with Crippen molar-refractivity contribution in [3.63, 3.8) is 0 Å². The Morgan fingerprint density at radius 2 is 2.18 bits per heavy atom. The average Bonchev–Trinajstić information content (AvgIpc) is 1.86. The summed E-state index contributed by atoms with van der Waals surface area (Å²) in [6.45, 7) is 2.07. The lowest BCUT2D eigenvalue weighted by Gasteiger charge is -2.22. The highest BCUT2D eigenvalue weighted by Crippen LogP contribution is 2.31. The van der Waals surface area contributed by atoms with Crippen molar-refractivity contribution in [1.82, 2.24) is 5.32 Å². The third-order valence-corrected chi connectivity index (χ3v) is 1.73. The highest BCUT2D eigenvalue weighted by Gasteiger charge is 2.38. The van der Waals surface area contributed by atoms with Crippen LogP contribution in [0.5, 0.6) is 0 Å². The van der Waals surface area contributed by atoms with Crippen LogP contribution in [-0.4, -0.2) is 12.7 Å². The predicted molar refractivity (Wildman–Crippen MR) is 35.9 cm³/mol. The molecule has 0 amide bonds. The molecule has 0 saturated heterocycles. The quantitative estimate of drug-likeness (QED) is 0.579. The summed E-state index contributed by atoms with van der Waals surface area (Å²) < 4.78 is 36.1. The topological polar surface area (TPSA) is 12.0 Å². The van der Waals surface area contributed by atoms with Crippen LogP contribution in [0.1, 0.15) is 13.3 Å². The molecule has 0 spiro atoms. The number of hydrogen-bond acceptors (Lipinski definition) is 1. The fraction of sp³-hybridized carbons (Fsp3) is 0.714. The first-order chi connectivity index (χ1) is 5.00. The van der Waals surface area contributed by atoms with Crippen LogP contribution in [0.2, 0.25) is 0 Å². The smallest absolute Gasteiger partial charge is 0.389 e. The average molecular weight is 165 g/mol. The van der Waals surface area contributed by atoms with E-state index in [1.54, 1.807) is 6.92 Å². The Kier molecular flexibility index (Phi) is 2.11. The molecule has 0 saturated carbocycles. The normalized spacial score (nSPS) is 25.8. The zero-order chi connectivity index (χ0) is 8.48. The molecule has 1 unspecified atom stereocenters. The summed E-state index contributed by atoms with van der Waals surface area (Å²) >= 11 is 0. The van der Waals surface area contributed by atoms with Gasteiger partial charge in [0.25, 0.3) is 0 Å². The van der Waals surface area contributed by atoms with Crippen molar-refractivity contribution in [3.8, 4) is 0 Å². The molecule has 1 rings (SSSR count). The minimum absolute atomic E-state index is 0.154. The number of hydrogen-bond donors (Lipinski definition) is 1. The number of allylic oxidation sites excluding steroid dienone is 2. The molecular formula is C7H10F3N. The lowest BCUT2D eigenvalue weighted by atomic mass is 10.0. The molecule has 4 heteroatoms. The molecule has 1 atom stereocenters. The molecule has 0 bridgehead atoms. The maximum atomic E-state index is 12.0. The van der Waals surface area contributed by atoms with E-state index in [2.05, 4.69) is 5.32 Å². The van der Waals surface area contributed by atoms with Gasteiger partial charge in [-0.2, -0.15) is 13.2 Å². The van der Waals surface area contributed by atoms with Gasteiger partial charge in [0, 0.05) is 12.2 Å². The Bertz CT molecular complexity index is 171. The zero-order valence-corrected chi connectivity index (χ0v) is 6.20. The zero-order valence-electron chi connectivity index (χ0n) is 6.20. The van der Waals surface area contributed by atoms with Crippen molar-refractivity contribution in [3.05, 3.63) is 11.8 Å². The summed E-state index contributed by atoms with van der Waals surface area (Å²) in [5.74, 6) is -1.25. The van der Waals surface area contributed by atoms with Crippen LogP contribution in [0.4, 0.5) is 13.2 Å². The van der Waals surface area contributed by atoms with Gasteiger partial charge >= 0.3 is 6.18 Å². The third-order valence-electron chi connectivity index (χ3n) is 1.73. The second-order valence-corrected chi connectivity index (χ2v) is 2.71. The van der Waals surface area contributed by atoms with E-state index < -0.39 is 12.1 Å². The number of alkyl halides is 3. The predicted octanol–water partition coefficient (Wildman–Crippen LogP) is 2.06. The second-order valence-electron chi connectivity index (χ2n) is 2.71. The van der Waals surface area contributed by atoms with E-state index in [1.165, 1.54) is 6.08 Å². The van der Waals surface area contributed by atoms with E-state index in [-0.39, 0.29) is 6.42 Å². The Labute approximate surface area is 63.3 Å². The molecule has 0 radical (unpaired) electrons. The maximum Gasteiger partial charge on any atom is 0.395 e. The molecule has 64 valence electrons. The highest BCUT2D eigenvalue weighted by atomic mass is 19.4. The van der Waals surface area contributed by atoms with Gasteiger partial charge in [0.2, 0.25) is 0 Å². The summed E-state index contributed by atoms with van der Waals surface area (Å²) in [5, 5.41) is 2.85. The molecule has 1 N–H and O–H groups in total. The molecule has 1 aliphatic rings. The van der Waals surface area contributed by atoms with Crippen LogP contribution in [0.3, 0.4) is 0 Å². The van der Waals surface area contributed by atoms with Crippen molar-refractivity contribution in [1.29, 1.82) is 0 Å². The minimum atomic E-state index is -4.07. The van der Waals surface area contributed by atoms with Crippen molar-refractivity contribution >= 4 is 0 Å². The van der Waals surface area contributed by atoms with Gasteiger partial charge in [0.15, 0.2) is 0 Å². The summed E-state index contributed by atoms with van der Waals surface area (Å²) in [7, 11) is 0. The summed E-state index contributed by atoms with van der Waals surface area (Å²) in [5.41, 5.74) is 0.624. The first-order valence-corrected chi connectivity index (χ1v) is 3.49. The number of halogens is 3. The molecule has 1 heterocycles. The van der Waals surface area contributed by atoms with Crippen molar-refractivity contribution in [2.45, 2.75) is 19.5 Å². The Morgan fingerprint density at radius 1 is 1.55 bits per heavy atom. The van der Waals surface area contributed by atoms with Crippen molar-refractivity contribution in [2.24, 2.45) is 5.92 Å². The van der Waals surface area contributed by atoms with E-state index in [0.29, 0.717) is 12.2 Å². The summed E-state index contributed by atoms with van der Waals surface area (Å²) in [6, 6.07) is 0. The molecule has 0 aliphatic carbocycles. The van der Waals surface area contributed by atoms with Crippen LogP contribution in [0.15, 0.2) is 11.8 Å². The van der Waals surface area contributed by atoms with Crippen LogP contribution in [0.25, 0.3) is 0 Å². The van der Waals surface area contributed by atoms with E-state index in [9.17, 15) is 13.2 Å². The summed E-state index contributed by atoms with van der Waals surface area (Å²) in [6.07, 6.45) is -2.67. The molecule has 11 heavy (non-hydrogen) atoms. The van der Waals surface area contributed by atoms with Gasteiger partial charge in [-0.05, 0) is 13.3 Å². The Hall–Kier alpha value is -0.670. The van der Waals surface area contributed by atoms with Crippen molar-refractivity contribution in [2.75, 3.05) is 6.54 Å². The first-order valence-electron chi connectivity index (χ1n) is 3.49.